The molecule has 3 aromatic rings. The summed E-state index contributed by atoms with van der Waals surface area (Å²) < 4.78 is 5.50. The van der Waals surface area contributed by atoms with Crippen molar-refractivity contribution in [1.82, 2.24) is 5.32 Å². The minimum Gasteiger partial charge on any atom is -0.497 e. The molecule has 5 heteroatoms. The van der Waals surface area contributed by atoms with Crippen LogP contribution < -0.4 is 19.9 Å². The van der Waals surface area contributed by atoms with Crippen LogP contribution in [-0.4, -0.2) is 38.7 Å². The molecule has 1 amide bonds. The van der Waals surface area contributed by atoms with Crippen LogP contribution in [0.2, 0.25) is 0 Å². The average Bonchev–Trinajstić information content (AvgIpc) is 2.87. The molecule has 0 bridgehead atoms. The lowest BCUT2D eigenvalue weighted by Crippen LogP contribution is -2.61. The molecule has 2 heterocycles. The Labute approximate surface area is 189 Å². The van der Waals surface area contributed by atoms with Crippen molar-refractivity contribution in [3.8, 4) is 5.75 Å². The van der Waals surface area contributed by atoms with Gasteiger partial charge in [-0.3, -0.25) is 4.79 Å². The highest BCUT2D eigenvalue weighted by atomic mass is 16.5. The van der Waals surface area contributed by atoms with Crippen LogP contribution in [-0.2, 0) is 17.8 Å². The molecule has 1 fully saturated rings. The van der Waals surface area contributed by atoms with Crippen LogP contribution in [0.5, 0.6) is 5.75 Å². The summed E-state index contributed by atoms with van der Waals surface area (Å²) in [4.78, 5) is 18.3. The fourth-order valence-electron chi connectivity index (χ4n) is 4.99. The first-order valence-electron chi connectivity index (χ1n) is 11.3. The Morgan fingerprint density at radius 2 is 1.75 bits per heavy atom. The Balaban J connectivity index is 1.42. The van der Waals surface area contributed by atoms with Crippen LogP contribution in [0.15, 0.2) is 78.9 Å². The summed E-state index contributed by atoms with van der Waals surface area (Å²) in [6, 6.07) is 27.0. The van der Waals surface area contributed by atoms with Crippen molar-refractivity contribution in [2.24, 2.45) is 5.92 Å². The van der Waals surface area contributed by atoms with Crippen molar-refractivity contribution in [3.63, 3.8) is 0 Å². The molecule has 0 spiro atoms. The monoisotopic (exact) mass is 427 g/mol. The molecule has 2 aliphatic rings. The predicted molar refractivity (Wildman–Crippen MR) is 128 cm³/mol. The van der Waals surface area contributed by atoms with E-state index in [2.05, 4.69) is 51.5 Å². The first-order valence-corrected chi connectivity index (χ1v) is 11.3. The van der Waals surface area contributed by atoms with Crippen molar-refractivity contribution in [3.05, 3.63) is 90.0 Å². The molecule has 3 aromatic carbocycles. The second-order valence-electron chi connectivity index (χ2n) is 8.55. The molecule has 164 valence electrons. The van der Waals surface area contributed by atoms with Crippen LogP contribution in [0.3, 0.4) is 0 Å². The molecule has 0 saturated carbocycles. The number of fused-ring (bicyclic) bond motifs is 3. The molecule has 1 saturated heterocycles. The summed E-state index contributed by atoms with van der Waals surface area (Å²) in [5.41, 5.74) is 4.75. The zero-order chi connectivity index (χ0) is 21.9. The van der Waals surface area contributed by atoms with E-state index in [4.69, 9.17) is 4.74 Å². The van der Waals surface area contributed by atoms with E-state index >= 15 is 0 Å². The van der Waals surface area contributed by atoms with Crippen molar-refractivity contribution in [2.75, 3.05) is 36.5 Å². The number of benzene rings is 3. The van der Waals surface area contributed by atoms with Gasteiger partial charge in [-0.25, -0.2) is 0 Å². The molecule has 0 unspecified atom stereocenters. The zero-order valence-corrected chi connectivity index (χ0v) is 18.4. The molecule has 5 nitrogen and oxygen atoms in total. The molecule has 5 rings (SSSR count). The van der Waals surface area contributed by atoms with Gasteiger partial charge in [0.25, 0.3) is 0 Å². The second kappa shape index (κ2) is 8.95. The second-order valence-corrected chi connectivity index (χ2v) is 8.55. The lowest BCUT2D eigenvalue weighted by molar-refractivity contribution is -0.126. The van der Waals surface area contributed by atoms with Gasteiger partial charge in [0, 0.05) is 43.6 Å². The van der Waals surface area contributed by atoms with E-state index in [1.165, 1.54) is 16.9 Å². The Hall–Kier alpha value is -3.47. The number of carbonyl (C=O) groups excluding carboxylic acids is 1. The third-order valence-electron chi connectivity index (χ3n) is 6.69. The highest BCUT2D eigenvalue weighted by Crippen LogP contribution is 2.38. The number of methoxy groups -OCH3 is 1. The third-order valence-corrected chi connectivity index (χ3v) is 6.69. The van der Waals surface area contributed by atoms with E-state index in [-0.39, 0.29) is 17.9 Å². The van der Waals surface area contributed by atoms with Crippen molar-refractivity contribution in [2.45, 2.75) is 19.0 Å². The molecular formula is C27H29N3O2. The number of carbonyl (C=O) groups is 1. The number of ether oxygens (including phenoxy) is 1. The van der Waals surface area contributed by atoms with Gasteiger partial charge in [0.15, 0.2) is 0 Å². The Morgan fingerprint density at radius 3 is 2.50 bits per heavy atom. The van der Waals surface area contributed by atoms with Gasteiger partial charge in [-0.2, -0.15) is 0 Å². The summed E-state index contributed by atoms with van der Waals surface area (Å²) in [5, 5.41) is 3.20. The summed E-state index contributed by atoms with van der Waals surface area (Å²) in [6.07, 6.45) is 0.740. The molecular weight excluding hydrogens is 398 g/mol. The molecule has 0 aliphatic carbocycles. The number of amides is 1. The lowest BCUT2D eigenvalue weighted by Gasteiger charge is -2.49. The van der Waals surface area contributed by atoms with E-state index in [1.54, 1.807) is 7.11 Å². The largest absolute Gasteiger partial charge is 0.497 e. The summed E-state index contributed by atoms with van der Waals surface area (Å²) in [6.45, 7) is 3.18. The van der Waals surface area contributed by atoms with Gasteiger partial charge in [-0.15, -0.1) is 0 Å². The number of piperazine rings is 1. The number of hydrogen-bond acceptors (Lipinski definition) is 4. The van der Waals surface area contributed by atoms with Gasteiger partial charge in [0.05, 0.1) is 19.1 Å². The fraction of sp³-hybridized carbons (Fsp3) is 0.296. The number of anilines is 2. The van der Waals surface area contributed by atoms with Crippen LogP contribution in [0.1, 0.15) is 11.1 Å². The number of rotatable bonds is 5. The fourth-order valence-corrected chi connectivity index (χ4v) is 4.99. The minimum absolute atomic E-state index is 0.105. The Morgan fingerprint density at radius 1 is 1.00 bits per heavy atom. The third kappa shape index (κ3) is 4.03. The van der Waals surface area contributed by atoms with Gasteiger partial charge in [0.1, 0.15) is 5.75 Å². The Bertz CT molecular complexity index is 1070. The van der Waals surface area contributed by atoms with Crippen LogP contribution >= 0.6 is 0 Å². The van der Waals surface area contributed by atoms with Crippen molar-refractivity contribution < 1.29 is 9.53 Å². The highest BCUT2D eigenvalue weighted by Gasteiger charge is 2.41. The maximum Gasteiger partial charge on any atom is 0.225 e. The Kier molecular flexibility index (Phi) is 5.71. The van der Waals surface area contributed by atoms with Gasteiger partial charge >= 0.3 is 0 Å². The van der Waals surface area contributed by atoms with Gasteiger partial charge < -0.3 is 19.9 Å². The predicted octanol–water partition coefficient (Wildman–Crippen LogP) is 3.88. The smallest absolute Gasteiger partial charge is 0.225 e. The first kappa shape index (κ1) is 20.4. The summed E-state index contributed by atoms with van der Waals surface area (Å²) >= 11 is 0. The zero-order valence-electron chi connectivity index (χ0n) is 18.4. The normalized spacial score (nSPS) is 19.7. The SMILES string of the molecule is COc1ccc2c(c1)N1CCN(c3ccccc3)C[C@@H]1[C@@H](C(=O)NCc1ccccc1)C2. The quantitative estimate of drug-likeness (QED) is 0.671. The molecule has 2 aliphatic heterocycles. The van der Waals surface area contributed by atoms with E-state index < -0.39 is 0 Å². The molecule has 0 radical (unpaired) electrons. The molecule has 1 N–H and O–H groups in total. The van der Waals surface area contributed by atoms with Gasteiger partial charge in [-0.1, -0.05) is 54.6 Å². The van der Waals surface area contributed by atoms with E-state index in [0.717, 1.165) is 37.4 Å². The number of hydrogen-bond donors (Lipinski definition) is 1. The minimum atomic E-state index is -0.105. The summed E-state index contributed by atoms with van der Waals surface area (Å²) in [5.74, 6) is 0.881. The van der Waals surface area contributed by atoms with Gasteiger partial charge in [-0.05, 0) is 35.7 Å². The van der Waals surface area contributed by atoms with E-state index in [0.29, 0.717) is 6.54 Å². The number of para-hydroxylation sites is 1. The topological polar surface area (TPSA) is 44.8 Å². The van der Waals surface area contributed by atoms with Crippen molar-refractivity contribution >= 4 is 17.3 Å². The maximum absolute atomic E-state index is 13.4. The number of nitrogens with one attached hydrogen (secondary N) is 1. The first-order chi connectivity index (χ1) is 15.7. The molecule has 32 heavy (non-hydrogen) atoms. The number of nitrogens with zero attached hydrogens (tertiary/aromatic N) is 2. The van der Waals surface area contributed by atoms with Crippen molar-refractivity contribution in [1.29, 1.82) is 0 Å². The lowest BCUT2D eigenvalue weighted by atomic mass is 9.83. The molecule has 0 aromatic heterocycles. The average molecular weight is 428 g/mol. The van der Waals surface area contributed by atoms with E-state index in [1.807, 2.05) is 42.5 Å². The summed E-state index contributed by atoms with van der Waals surface area (Å²) in [7, 11) is 1.70. The maximum atomic E-state index is 13.4. The van der Waals surface area contributed by atoms with Gasteiger partial charge in [0.2, 0.25) is 5.91 Å². The van der Waals surface area contributed by atoms with Crippen LogP contribution in [0.4, 0.5) is 11.4 Å². The van der Waals surface area contributed by atoms with Crippen LogP contribution in [0.25, 0.3) is 0 Å². The highest BCUT2D eigenvalue weighted by molar-refractivity contribution is 5.82. The standard InChI is InChI=1S/C27H29N3O2/c1-32-23-13-12-21-16-24(27(31)28-18-20-8-4-2-5-9-20)26-19-29(22-10-6-3-7-11-22)14-15-30(26)25(21)17-23/h2-13,17,24,26H,14-16,18-19H2,1H3,(H,28,31)/t24-,26+/m0/s1. The van der Waals surface area contributed by atoms with E-state index in [9.17, 15) is 4.79 Å². The molecule has 2 atom stereocenters. The van der Waals surface area contributed by atoms with Crippen LogP contribution in [0, 0.1) is 5.92 Å².